The van der Waals surface area contributed by atoms with E-state index >= 15 is 0 Å². The molecule has 10 heteroatoms. The first-order valence-electron chi connectivity index (χ1n) is 13.0. The number of fused-ring (bicyclic) bond motifs is 1. The molecule has 9 nitrogen and oxygen atoms in total. The van der Waals surface area contributed by atoms with Gasteiger partial charge < -0.3 is 9.64 Å². The molecule has 3 aromatic heterocycles. The van der Waals surface area contributed by atoms with Gasteiger partial charge in [-0.15, -0.1) is 0 Å². The highest BCUT2D eigenvalue weighted by atomic mass is 32.2. The molecule has 1 aliphatic rings. The molecule has 4 heterocycles. The minimum Gasteiger partial charge on any atom is -0.377 e. The number of hydrogen-bond acceptors (Lipinski definition) is 7. The molecular weight excluding hydrogens is 512 g/mol. The van der Waals surface area contributed by atoms with Gasteiger partial charge in [-0.1, -0.05) is 29.8 Å². The molecule has 2 aromatic carbocycles. The number of morpholine rings is 1. The van der Waals surface area contributed by atoms with Crippen molar-refractivity contribution in [3.05, 3.63) is 78.6 Å². The van der Waals surface area contributed by atoms with Crippen molar-refractivity contribution in [1.82, 2.24) is 23.7 Å². The van der Waals surface area contributed by atoms with Crippen LogP contribution in [0.3, 0.4) is 0 Å². The number of aromatic nitrogens is 5. The van der Waals surface area contributed by atoms with E-state index in [1.807, 2.05) is 67.1 Å². The van der Waals surface area contributed by atoms with Gasteiger partial charge >= 0.3 is 0 Å². The Bertz CT molecular complexity index is 1760. The van der Waals surface area contributed by atoms with Crippen molar-refractivity contribution < 1.29 is 13.2 Å². The Hall–Kier alpha value is -4.02. The maximum atomic E-state index is 13.6. The van der Waals surface area contributed by atoms with Crippen LogP contribution >= 0.6 is 0 Å². The zero-order chi connectivity index (χ0) is 27.1. The van der Waals surface area contributed by atoms with Gasteiger partial charge in [-0.3, -0.25) is 4.68 Å². The molecule has 0 bridgehead atoms. The van der Waals surface area contributed by atoms with Gasteiger partial charge in [-0.25, -0.2) is 22.4 Å². The average Bonchev–Trinajstić information content (AvgIpc) is 3.61. The number of rotatable bonds is 6. The minimum atomic E-state index is -3.77. The lowest BCUT2D eigenvalue weighted by atomic mass is 10.1. The first kappa shape index (κ1) is 25.3. The van der Waals surface area contributed by atoms with E-state index in [9.17, 15) is 8.42 Å². The van der Waals surface area contributed by atoms with Crippen LogP contribution in [-0.2, 0) is 21.3 Å². The van der Waals surface area contributed by atoms with Gasteiger partial charge in [0.2, 0.25) is 5.95 Å². The Morgan fingerprint density at radius 2 is 1.82 bits per heavy atom. The zero-order valence-electron chi connectivity index (χ0n) is 22.2. The minimum absolute atomic E-state index is 0.120. The first-order chi connectivity index (χ1) is 18.9. The second-order valence-corrected chi connectivity index (χ2v) is 11.6. The Kier molecular flexibility index (Phi) is 6.44. The quantitative estimate of drug-likeness (QED) is 0.306. The van der Waals surface area contributed by atoms with Crippen molar-refractivity contribution in [3.8, 4) is 22.6 Å². The second kappa shape index (κ2) is 9.94. The highest BCUT2D eigenvalue weighted by Gasteiger charge is 2.25. The Morgan fingerprint density at radius 3 is 2.59 bits per heavy atom. The molecule has 0 aliphatic carbocycles. The molecule has 39 heavy (non-hydrogen) atoms. The number of benzene rings is 2. The molecule has 6 rings (SSSR count). The molecule has 0 amide bonds. The molecule has 5 aromatic rings. The van der Waals surface area contributed by atoms with Crippen LogP contribution in [0.2, 0.25) is 0 Å². The van der Waals surface area contributed by atoms with Crippen LogP contribution in [0.1, 0.15) is 19.4 Å². The summed E-state index contributed by atoms with van der Waals surface area (Å²) in [5.74, 6) is 0.617. The van der Waals surface area contributed by atoms with E-state index in [0.29, 0.717) is 43.5 Å². The van der Waals surface area contributed by atoms with Gasteiger partial charge in [0.15, 0.2) is 0 Å². The van der Waals surface area contributed by atoms with E-state index in [-0.39, 0.29) is 10.9 Å². The van der Waals surface area contributed by atoms with E-state index in [0.717, 1.165) is 27.9 Å². The molecule has 1 saturated heterocycles. The summed E-state index contributed by atoms with van der Waals surface area (Å²) in [6.07, 6.45) is 3.39. The lowest BCUT2D eigenvalue weighted by Gasteiger charge is -2.33. The smallest absolute Gasteiger partial charge is 0.268 e. The average molecular weight is 543 g/mol. The molecule has 1 atom stereocenters. The zero-order valence-corrected chi connectivity index (χ0v) is 23.0. The van der Waals surface area contributed by atoms with E-state index in [2.05, 4.69) is 16.9 Å². The van der Waals surface area contributed by atoms with Crippen molar-refractivity contribution in [2.45, 2.75) is 38.3 Å². The summed E-state index contributed by atoms with van der Waals surface area (Å²) in [6.45, 7) is 8.68. The van der Waals surface area contributed by atoms with Crippen LogP contribution in [0, 0.1) is 6.92 Å². The fourth-order valence-corrected chi connectivity index (χ4v) is 6.40. The lowest BCUT2D eigenvalue weighted by Crippen LogP contribution is -2.44. The summed E-state index contributed by atoms with van der Waals surface area (Å²) in [5.41, 5.74) is 4.80. The largest absolute Gasteiger partial charge is 0.377 e. The third kappa shape index (κ3) is 4.49. The first-order valence-corrected chi connectivity index (χ1v) is 14.5. The van der Waals surface area contributed by atoms with Crippen LogP contribution in [0.5, 0.6) is 0 Å². The van der Waals surface area contributed by atoms with Crippen LogP contribution < -0.4 is 4.90 Å². The van der Waals surface area contributed by atoms with Gasteiger partial charge in [-0.2, -0.15) is 5.10 Å². The fourth-order valence-electron chi connectivity index (χ4n) is 5.06. The summed E-state index contributed by atoms with van der Waals surface area (Å²) in [4.78, 5) is 12.4. The maximum Gasteiger partial charge on any atom is 0.268 e. The molecule has 0 saturated carbocycles. The molecule has 200 valence electrons. The summed E-state index contributed by atoms with van der Waals surface area (Å²) < 4.78 is 36.0. The Labute approximate surface area is 227 Å². The number of ether oxygens (including phenoxy) is 1. The van der Waals surface area contributed by atoms with Crippen molar-refractivity contribution in [2.24, 2.45) is 0 Å². The highest BCUT2D eigenvalue weighted by molar-refractivity contribution is 7.90. The summed E-state index contributed by atoms with van der Waals surface area (Å²) in [6, 6.07) is 18.4. The van der Waals surface area contributed by atoms with Crippen molar-refractivity contribution in [2.75, 3.05) is 24.7 Å². The summed E-state index contributed by atoms with van der Waals surface area (Å²) in [5, 5.41) is 5.23. The van der Waals surface area contributed by atoms with E-state index in [1.165, 1.54) is 3.97 Å². The van der Waals surface area contributed by atoms with Gasteiger partial charge in [0.25, 0.3) is 10.0 Å². The topological polar surface area (TPSA) is 95.1 Å². The van der Waals surface area contributed by atoms with Crippen LogP contribution in [0.25, 0.3) is 33.5 Å². The Balaban J connectivity index is 1.52. The predicted molar refractivity (Wildman–Crippen MR) is 151 cm³/mol. The van der Waals surface area contributed by atoms with E-state index in [1.54, 1.807) is 24.5 Å². The van der Waals surface area contributed by atoms with Crippen LogP contribution in [0.15, 0.2) is 78.0 Å². The van der Waals surface area contributed by atoms with Gasteiger partial charge in [-0.05, 0) is 57.2 Å². The van der Waals surface area contributed by atoms with Crippen molar-refractivity contribution in [1.29, 1.82) is 0 Å². The fraction of sp³-hybridized carbons (Fsp3) is 0.276. The molecule has 0 N–H and O–H groups in total. The third-order valence-electron chi connectivity index (χ3n) is 7.17. The number of nitrogens with zero attached hydrogens (tertiary/aromatic N) is 6. The number of anilines is 1. The number of hydrogen-bond donors (Lipinski definition) is 0. The highest BCUT2D eigenvalue weighted by Crippen LogP contribution is 2.34. The predicted octanol–water partition coefficient (Wildman–Crippen LogP) is 4.75. The van der Waals surface area contributed by atoms with Crippen LogP contribution in [0.4, 0.5) is 5.95 Å². The second-order valence-electron chi connectivity index (χ2n) is 9.76. The standard InChI is InChI=1S/C29H30N6O3S/c1-4-34-28(12-14-30-34)26-18-25(31-29(32-26)33-16-17-38-19-21(33)3)23-6-5-7-27-24(23)13-15-35(27)39(36,37)22-10-8-20(2)9-11-22/h5-15,18,21H,4,16-17,19H2,1-3H3/t21-/m1/s1. The molecule has 1 aliphatic heterocycles. The van der Waals surface area contributed by atoms with Gasteiger partial charge in [0.1, 0.15) is 0 Å². The van der Waals surface area contributed by atoms with E-state index < -0.39 is 10.0 Å². The molecule has 0 radical (unpaired) electrons. The van der Waals surface area contributed by atoms with Gasteiger partial charge in [0, 0.05) is 36.4 Å². The lowest BCUT2D eigenvalue weighted by molar-refractivity contribution is 0.0981. The molecule has 0 spiro atoms. The van der Waals surface area contributed by atoms with Crippen molar-refractivity contribution in [3.63, 3.8) is 0 Å². The molecule has 0 unspecified atom stereocenters. The van der Waals surface area contributed by atoms with Crippen molar-refractivity contribution >= 4 is 26.9 Å². The molecule has 1 fully saturated rings. The van der Waals surface area contributed by atoms with Gasteiger partial charge in [0.05, 0.1) is 46.7 Å². The molecular formula is C29H30N6O3S. The third-order valence-corrected chi connectivity index (χ3v) is 8.87. The SMILES string of the molecule is CCn1nccc1-c1cc(-c2cccc3c2ccn3S(=O)(=O)c2ccc(C)cc2)nc(N2CCOC[C@H]2C)n1. The maximum absolute atomic E-state index is 13.6. The summed E-state index contributed by atoms with van der Waals surface area (Å²) in [7, 11) is -3.77. The number of aryl methyl sites for hydroxylation is 2. The van der Waals surface area contributed by atoms with E-state index in [4.69, 9.17) is 14.7 Å². The van der Waals surface area contributed by atoms with Crippen LogP contribution in [-0.4, -0.2) is 57.9 Å². The summed E-state index contributed by atoms with van der Waals surface area (Å²) >= 11 is 0. The Morgan fingerprint density at radius 1 is 1.03 bits per heavy atom. The normalized spacial score (nSPS) is 16.2. The monoisotopic (exact) mass is 542 g/mol.